The van der Waals surface area contributed by atoms with Crippen LogP contribution in [0.2, 0.25) is 0 Å². The molecular formula is C27H21F3N6O2S. The summed E-state index contributed by atoms with van der Waals surface area (Å²) < 4.78 is 42.4. The van der Waals surface area contributed by atoms with Gasteiger partial charge in [0, 0.05) is 16.8 Å². The van der Waals surface area contributed by atoms with Gasteiger partial charge in [-0.15, -0.1) is 29.6 Å². The van der Waals surface area contributed by atoms with Crippen molar-refractivity contribution in [3.8, 4) is 34.1 Å². The van der Waals surface area contributed by atoms with Gasteiger partial charge in [-0.05, 0) is 74.0 Å². The molecule has 2 aromatic heterocycles. The smallest absolute Gasteiger partial charge is 0.406 e. The number of carbonyl (C=O) groups is 1. The van der Waals surface area contributed by atoms with E-state index in [4.69, 9.17) is 0 Å². The SMILES string of the molecule is Cc1ccc(C)c(-c2ncsc2NC(=O)Nc2ccc(-c3ncn(-c4ccc(OC(F)(F)F)cc4)n3)cc2)c1. The Kier molecular flexibility index (Phi) is 7.03. The lowest BCUT2D eigenvalue weighted by Crippen LogP contribution is -2.19. The van der Waals surface area contributed by atoms with Gasteiger partial charge in [0.2, 0.25) is 0 Å². The van der Waals surface area contributed by atoms with Crippen LogP contribution >= 0.6 is 11.3 Å². The molecule has 0 saturated carbocycles. The van der Waals surface area contributed by atoms with Crippen molar-refractivity contribution in [2.24, 2.45) is 0 Å². The third kappa shape index (κ3) is 6.24. The number of nitrogens with zero attached hydrogens (tertiary/aromatic N) is 4. The predicted octanol–water partition coefficient (Wildman–Crippen LogP) is 7.22. The molecule has 5 rings (SSSR count). The summed E-state index contributed by atoms with van der Waals surface area (Å²) in [5.74, 6) is 0.0833. The van der Waals surface area contributed by atoms with Crippen LogP contribution in [-0.4, -0.2) is 32.1 Å². The molecule has 198 valence electrons. The summed E-state index contributed by atoms with van der Waals surface area (Å²) >= 11 is 1.34. The molecule has 0 aliphatic carbocycles. The van der Waals surface area contributed by atoms with Gasteiger partial charge in [-0.2, -0.15) is 0 Å². The minimum absolute atomic E-state index is 0.324. The molecule has 5 aromatic rings. The van der Waals surface area contributed by atoms with Gasteiger partial charge < -0.3 is 10.1 Å². The van der Waals surface area contributed by atoms with Crippen molar-refractivity contribution in [3.05, 3.63) is 89.7 Å². The number of alkyl halides is 3. The number of carbonyl (C=O) groups excluding carboxylic acids is 1. The summed E-state index contributed by atoms with van der Waals surface area (Å²) in [6.45, 7) is 4.01. The van der Waals surface area contributed by atoms with Gasteiger partial charge in [0.1, 0.15) is 22.8 Å². The van der Waals surface area contributed by atoms with Crippen molar-refractivity contribution >= 4 is 28.1 Å². The summed E-state index contributed by atoms with van der Waals surface area (Å²) in [6.07, 6.45) is -3.30. The van der Waals surface area contributed by atoms with Crippen molar-refractivity contribution in [2.45, 2.75) is 20.2 Å². The Morgan fingerprint density at radius 3 is 2.41 bits per heavy atom. The van der Waals surface area contributed by atoms with Gasteiger partial charge in [-0.1, -0.05) is 17.7 Å². The van der Waals surface area contributed by atoms with E-state index in [0.717, 1.165) is 22.4 Å². The zero-order chi connectivity index (χ0) is 27.6. The quantitative estimate of drug-likeness (QED) is 0.233. The summed E-state index contributed by atoms with van der Waals surface area (Å²) in [7, 11) is 0. The molecule has 0 spiro atoms. The third-order valence-electron chi connectivity index (χ3n) is 5.67. The first kappa shape index (κ1) is 25.9. The molecule has 12 heteroatoms. The molecule has 0 saturated heterocycles. The highest BCUT2D eigenvalue weighted by Gasteiger charge is 2.31. The Hall–Kier alpha value is -4.71. The molecule has 2 amide bonds. The third-order valence-corrected chi connectivity index (χ3v) is 6.41. The molecular weight excluding hydrogens is 529 g/mol. The van der Waals surface area contributed by atoms with Gasteiger partial charge in [-0.25, -0.2) is 19.4 Å². The first-order valence-electron chi connectivity index (χ1n) is 11.6. The lowest BCUT2D eigenvalue weighted by molar-refractivity contribution is -0.274. The first-order chi connectivity index (χ1) is 18.6. The molecule has 2 N–H and O–H groups in total. The zero-order valence-corrected chi connectivity index (χ0v) is 21.5. The number of thiazole rings is 1. The molecule has 0 atom stereocenters. The van der Waals surface area contributed by atoms with Crippen LogP contribution in [0.15, 0.2) is 78.6 Å². The number of nitrogens with one attached hydrogen (secondary N) is 2. The van der Waals surface area contributed by atoms with E-state index >= 15 is 0 Å². The van der Waals surface area contributed by atoms with Crippen LogP contribution in [0, 0.1) is 13.8 Å². The minimum atomic E-state index is -4.76. The highest BCUT2D eigenvalue weighted by atomic mass is 32.1. The number of amides is 2. The molecule has 0 fully saturated rings. The van der Waals surface area contributed by atoms with E-state index < -0.39 is 12.4 Å². The molecule has 0 aliphatic heterocycles. The number of aromatic nitrogens is 4. The van der Waals surface area contributed by atoms with Crippen LogP contribution in [0.1, 0.15) is 11.1 Å². The number of anilines is 2. The monoisotopic (exact) mass is 550 g/mol. The van der Waals surface area contributed by atoms with Gasteiger partial charge in [-0.3, -0.25) is 5.32 Å². The fraction of sp³-hybridized carbons (Fsp3) is 0.111. The normalized spacial score (nSPS) is 11.3. The summed E-state index contributed by atoms with van der Waals surface area (Å²) in [4.78, 5) is 21.4. The molecule has 39 heavy (non-hydrogen) atoms. The molecule has 3 aromatic carbocycles. The number of rotatable bonds is 6. The Balaban J connectivity index is 1.23. The lowest BCUT2D eigenvalue weighted by atomic mass is 10.0. The van der Waals surface area contributed by atoms with Gasteiger partial charge in [0.25, 0.3) is 0 Å². The van der Waals surface area contributed by atoms with Gasteiger partial charge in [0.05, 0.1) is 11.2 Å². The number of ether oxygens (including phenoxy) is 1. The van der Waals surface area contributed by atoms with Gasteiger partial charge >= 0.3 is 12.4 Å². The lowest BCUT2D eigenvalue weighted by Gasteiger charge is -2.10. The second-order valence-corrected chi connectivity index (χ2v) is 9.41. The maximum absolute atomic E-state index is 12.7. The summed E-state index contributed by atoms with van der Waals surface area (Å²) in [6, 6.07) is 17.9. The van der Waals surface area contributed by atoms with Gasteiger partial charge in [0.15, 0.2) is 5.82 Å². The second-order valence-electron chi connectivity index (χ2n) is 8.56. The van der Waals surface area contributed by atoms with Crippen LogP contribution in [0.25, 0.3) is 28.3 Å². The van der Waals surface area contributed by atoms with Crippen molar-refractivity contribution in [2.75, 3.05) is 10.6 Å². The van der Waals surface area contributed by atoms with Crippen molar-refractivity contribution in [3.63, 3.8) is 0 Å². The zero-order valence-electron chi connectivity index (χ0n) is 20.7. The number of benzene rings is 3. The van der Waals surface area contributed by atoms with E-state index in [-0.39, 0.29) is 5.75 Å². The van der Waals surface area contributed by atoms with Crippen molar-refractivity contribution in [1.29, 1.82) is 0 Å². The minimum Gasteiger partial charge on any atom is -0.406 e. The Morgan fingerprint density at radius 2 is 1.69 bits per heavy atom. The molecule has 0 radical (unpaired) electrons. The van der Waals surface area contributed by atoms with E-state index in [1.54, 1.807) is 29.8 Å². The molecule has 0 bridgehead atoms. The van der Waals surface area contributed by atoms with Crippen LogP contribution < -0.4 is 15.4 Å². The molecule has 0 aliphatic rings. The Morgan fingerprint density at radius 1 is 0.949 bits per heavy atom. The molecule has 0 unspecified atom stereocenters. The summed E-state index contributed by atoms with van der Waals surface area (Å²) in [5, 5.41) is 10.7. The van der Waals surface area contributed by atoms with Crippen molar-refractivity contribution < 1.29 is 22.7 Å². The van der Waals surface area contributed by atoms with Crippen LogP contribution in [0.4, 0.5) is 28.7 Å². The Labute approximate surface area is 225 Å². The van der Waals surface area contributed by atoms with E-state index in [0.29, 0.717) is 27.8 Å². The maximum Gasteiger partial charge on any atom is 0.573 e. The summed E-state index contributed by atoms with van der Waals surface area (Å²) in [5.41, 5.74) is 7.31. The molecule has 8 nitrogen and oxygen atoms in total. The predicted molar refractivity (Wildman–Crippen MR) is 143 cm³/mol. The highest BCUT2D eigenvalue weighted by Crippen LogP contribution is 2.33. The fourth-order valence-electron chi connectivity index (χ4n) is 3.81. The standard InChI is InChI=1S/C27H21F3N6O2S/c1-16-3-4-17(2)22(13-16)23-25(39-15-32-23)34-26(37)33-19-7-5-18(6-8-19)24-31-14-36(35-24)20-9-11-21(12-10-20)38-27(28,29)30/h3-15H,1-2H3,(H2,33,34,37). The number of halogens is 3. The Bertz CT molecular complexity index is 1610. The second kappa shape index (κ2) is 10.6. The van der Waals surface area contributed by atoms with Crippen LogP contribution in [0.5, 0.6) is 5.75 Å². The van der Waals surface area contributed by atoms with Crippen molar-refractivity contribution in [1.82, 2.24) is 19.7 Å². The maximum atomic E-state index is 12.7. The number of aryl methyl sites for hydroxylation is 2. The average Bonchev–Trinajstić information content (AvgIpc) is 3.56. The topological polar surface area (TPSA) is 94.0 Å². The average molecular weight is 551 g/mol. The van der Waals surface area contributed by atoms with Crippen LogP contribution in [0.3, 0.4) is 0 Å². The molecule has 2 heterocycles. The number of hydrogen-bond donors (Lipinski definition) is 2. The largest absolute Gasteiger partial charge is 0.573 e. The van der Waals surface area contributed by atoms with Crippen LogP contribution in [-0.2, 0) is 0 Å². The van der Waals surface area contributed by atoms with E-state index in [2.05, 4.69) is 30.4 Å². The highest BCUT2D eigenvalue weighted by molar-refractivity contribution is 7.14. The number of hydrogen-bond acceptors (Lipinski definition) is 6. The van der Waals surface area contributed by atoms with E-state index in [1.165, 1.54) is 46.6 Å². The van der Waals surface area contributed by atoms with E-state index in [1.807, 2.05) is 32.0 Å². The first-order valence-corrected chi connectivity index (χ1v) is 12.5. The fourth-order valence-corrected chi connectivity index (χ4v) is 4.50. The number of urea groups is 1. The van der Waals surface area contributed by atoms with E-state index in [9.17, 15) is 18.0 Å².